The van der Waals surface area contributed by atoms with Gasteiger partial charge in [0.25, 0.3) is 0 Å². The fraction of sp³-hybridized carbons (Fsp3) is 0.0204. The van der Waals surface area contributed by atoms with Crippen molar-refractivity contribution in [1.29, 1.82) is 0 Å². The Hall–Kier alpha value is -4.84. The third-order valence-corrected chi connectivity index (χ3v) is 11.3. The van der Waals surface area contributed by atoms with E-state index in [9.17, 15) is 0 Å². The number of aromatic nitrogens is 1. The van der Waals surface area contributed by atoms with Gasteiger partial charge in [-0.1, -0.05) is 141 Å². The molecule has 10 rings (SSSR count). The van der Waals surface area contributed by atoms with Crippen molar-refractivity contribution in [2.75, 3.05) is 0 Å². The van der Waals surface area contributed by atoms with Gasteiger partial charge < -0.3 is 4.57 Å². The number of hydrogen-bond donors (Lipinski definition) is 0. The van der Waals surface area contributed by atoms with Crippen LogP contribution in [-0.4, -0.2) is 4.57 Å². The highest BCUT2D eigenvalue weighted by Gasteiger charge is 2.25. The molecule has 8 aromatic rings. The van der Waals surface area contributed by atoms with Gasteiger partial charge in [-0.25, -0.2) is 0 Å². The Kier molecular flexibility index (Phi) is 10.7. The minimum absolute atomic E-state index is 1.07. The highest BCUT2D eigenvalue weighted by atomic mass is 127. The number of benzene rings is 7. The summed E-state index contributed by atoms with van der Waals surface area (Å²) in [6.45, 7) is 0. The molecule has 1 heterocycles. The largest absolute Gasteiger partial charge is 0.309 e. The molecule has 2 aliphatic carbocycles. The Balaban J connectivity index is 0.000000125. The van der Waals surface area contributed by atoms with Crippen LogP contribution in [0.3, 0.4) is 0 Å². The Morgan fingerprint density at radius 1 is 0.509 bits per heavy atom. The maximum atomic E-state index is 3.50. The van der Waals surface area contributed by atoms with E-state index < -0.39 is 0 Å². The first-order valence-electron chi connectivity index (χ1n) is 17.5. The van der Waals surface area contributed by atoms with Gasteiger partial charge in [0.15, 0.2) is 0 Å². The van der Waals surface area contributed by atoms with Crippen molar-refractivity contribution in [3.05, 3.63) is 223 Å². The minimum Gasteiger partial charge on any atom is -0.309 e. The number of rotatable bonds is 3. The van der Waals surface area contributed by atoms with Crippen LogP contribution in [0.1, 0.15) is 11.1 Å². The van der Waals surface area contributed by atoms with Crippen molar-refractivity contribution >= 4 is 81.8 Å². The van der Waals surface area contributed by atoms with Gasteiger partial charge in [-0.05, 0) is 111 Å². The number of hydrogen-bond acceptors (Lipinski definition) is 0. The third kappa shape index (κ3) is 7.78. The third-order valence-electron chi connectivity index (χ3n) is 9.54. The van der Waals surface area contributed by atoms with E-state index in [-0.39, 0.29) is 0 Å². The van der Waals surface area contributed by atoms with Crippen molar-refractivity contribution in [2.45, 2.75) is 6.42 Å². The molecular weight excluding hydrogens is 889 g/mol. The first-order valence-corrected chi connectivity index (χ1v) is 20.1. The standard InChI is InChI=1S/C24H16BrN.C13H9.C12H8BrI/c25-19-13-9-17(10-14-19)18-11-15-20(16-12-18)26-23-7-3-1-5-21(23)22-6-2-4-8-24(22)26;1-3-7-12-10(5-1)9-11-6-2-4-8-13(11)12;13-11-5-1-9(2-6-11)10-3-7-12(14)8-4-10/h1-16H;1,3-8H,9H2;1-8H/q;+1;. The Morgan fingerprint density at radius 2 is 0.981 bits per heavy atom. The van der Waals surface area contributed by atoms with Gasteiger partial charge in [-0.2, -0.15) is 0 Å². The number of allylic oxidation sites excluding steroid dienone is 6. The molecular formula is C49H33Br2IN+. The maximum absolute atomic E-state index is 3.50. The smallest absolute Gasteiger partial charge is 0.107 e. The first kappa shape index (κ1) is 35.2. The van der Waals surface area contributed by atoms with E-state index in [1.807, 2.05) is 6.08 Å². The van der Waals surface area contributed by atoms with Crippen LogP contribution in [0.25, 0.3) is 55.3 Å². The van der Waals surface area contributed by atoms with E-state index in [1.165, 1.54) is 75.6 Å². The summed E-state index contributed by atoms with van der Waals surface area (Å²) in [5.41, 5.74) is 14.3. The zero-order valence-electron chi connectivity index (χ0n) is 28.7. The monoisotopic (exact) mass is 920 g/mol. The van der Waals surface area contributed by atoms with Gasteiger partial charge in [-0.15, -0.1) is 0 Å². The van der Waals surface area contributed by atoms with E-state index in [0.29, 0.717) is 0 Å². The quantitative estimate of drug-likeness (QED) is 0.123. The van der Waals surface area contributed by atoms with E-state index in [1.54, 1.807) is 0 Å². The first-order chi connectivity index (χ1) is 26.0. The molecule has 1 nitrogen and oxygen atoms in total. The lowest BCUT2D eigenvalue weighted by molar-refractivity contribution is 1.18. The second-order valence-electron chi connectivity index (χ2n) is 12.9. The lowest BCUT2D eigenvalue weighted by Gasteiger charge is -2.09. The summed E-state index contributed by atoms with van der Waals surface area (Å²) in [6.07, 6.45) is 10.4. The summed E-state index contributed by atoms with van der Waals surface area (Å²) in [5, 5.41) is 2.58. The minimum atomic E-state index is 1.07. The average molecular weight is 923 g/mol. The molecule has 0 saturated heterocycles. The van der Waals surface area contributed by atoms with E-state index in [4.69, 9.17) is 0 Å². The van der Waals surface area contributed by atoms with Crippen LogP contribution >= 0.6 is 54.5 Å². The van der Waals surface area contributed by atoms with Crippen LogP contribution in [0.2, 0.25) is 0 Å². The number of para-hydroxylation sites is 2. The SMILES string of the molecule is Brc1ccc(-c2ccc(-n3c4ccccc4c4ccccc43)cc2)cc1.Brc1ccc(-c2ccc(I)cc2)cc1.[C+]1=CC2=C(C=C1)c1ccccc1C2. The molecule has 0 N–H and O–H groups in total. The molecule has 53 heavy (non-hydrogen) atoms. The molecule has 0 spiro atoms. The number of fused-ring (bicyclic) bond motifs is 5. The van der Waals surface area contributed by atoms with Crippen LogP contribution in [0.5, 0.6) is 0 Å². The summed E-state index contributed by atoms with van der Waals surface area (Å²) >= 11 is 9.24. The van der Waals surface area contributed by atoms with Crippen LogP contribution in [0, 0.1) is 9.65 Å². The van der Waals surface area contributed by atoms with Crippen LogP contribution in [0.15, 0.2) is 203 Å². The summed E-state index contributed by atoms with van der Waals surface area (Å²) in [6, 6.07) is 59.9. The van der Waals surface area contributed by atoms with Crippen LogP contribution in [-0.2, 0) is 6.42 Å². The van der Waals surface area contributed by atoms with Gasteiger partial charge in [-0.3, -0.25) is 0 Å². The van der Waals surface area contributed by atoms with Gasteiger partial charge in [0.05, 0.1) is 28.3 Å². The summed E-state index contributed by atoms with van der Waals surface area (Å²) in [7, 11) is 0. The van der Waals surface area contributed by atoms with Crippen LogP contribution < -0.4 is 0 Å². The van der Waals surface area contributed by atoms with Gasteiger partial charge in [0.1, 0.15) is 12.2 Å². The Morgan fingerprint density at radius 3 is 1.55 bits per heavy atom. The van der Waals surface area contributed by atoms with Crippen molar-refractivity contribution in [3.63, 3.8) is 0 Å². The summed E-state index contributed by atoms with van der Waals surface area (Å²) < 4.78 is 5.83. The van der Waals surface area contributed by atoms with Gasteiger partial charge >= 0.3 is 0 Å². The predicted molar refractivity (Wildman–Crippen MR) is 240 cm³/mol. The van der Waals surface area contributed by atoms with E-state index >= 15 is 0 Å². The van der Waals surface area contributed by atoms with Crippen LogP contribution in [0.4, 0.5) is 0 Å². The highest BCUT2D eigenvalue weighted by Crippen LogP contribution is 2.36. The maximum Gasteiger partial charge on any atom is 0.107 e. The molecule has 0 saturated carbocycles. The number of halogens is 3. The lowest BCUT2D eigenvalue weighted by Crippen LogP contribution is -1.93. The molecule has 254 valence electrons. The topological polar surface area (TPSA) is 4.93 Å². The lowest BCUT2D eigenvalue weighted by atomic mass is 10.0. The van der Waals surface area contributed by atoms with Crippen molar-refractivity contribution in [3.8, 4) is 27.9 Å². The molecule has 7 aromatic carbocycles. The van der Waals surface area contributed by atoms with Crippen molar-refractivity contribution in [1.82, 2.24) is 4.57 Å². The molecule has 0 unspecified atom stereocenters. The second-order valence-corrected chi connectivity index (χ2v) is 15.9. The second kappa shape index (κ2) is 16.0. The average Bonchev–Trinajstić information content (AvgIpc) is 3.76. The molecule has 0 bridgehead atoms. The molecule has 1 aromatic heterocycles. The molecule has 0 amide bonds. The molecule has 0 atom stereocenters. The predicted octanol–water partition coefficient (Wildman–Crippen LogP) is 14.9. The highest BCUT2D eigenvalue weighted by molar-refractivity contribution is 14.1. The number of nitrogens with zero attached hydrogens (tertiary/aromatic N) is 1. The summed E-state index contributed by atoms with van der Waals surface area (Å²) in [5.74, 6) is 0. The molecule has 2 aliphatic rings. The van der Waals surface area contributed by atoms with Crippen molar-refractivity contribution in [2.24, 2.45) is 0 Å². The molecule has 0 aliphatic heterocycles. The van der Waals surface area contributed by atoms with E-state index in [0.717, 1.165) is 15.4 Å². The Bertz CT molecular complexity index is 2530. The zero-order chi connectivity index (χ0) is 36.1. The normalized spacial score (nSPS) is 12.4. The summed E-state index contributed by atoms with van der Waals surface area (Å²) in [4.78, 5) is 0. The van der Waals surface area contributed by atoms with Gasteiger partial charge in [0.2, 0.25) is 0 Å². The molecule has 0 fully saturated rings. The molecule has 4 heteroatoms. The molecule has 0 radical (unpaired) electrons. The fourth-order valence-electron chi connectivity index (χ4n) is 6.95. The Labute approximate surface area is 341 Å². The van der Waals surface area contributed by atoms with E-state index in [2.05, 4.69) is 247 Å². The van der Waals surface area contributed by atoms with Gasteiger partial charge in [0, 0.05) is 47.0 Å². The fourth-order valence-corrected chi connectivity index (χ4v) is 7.84. The zero-order valence-corrected chi connectivity index (χ0v) is 34.0. The van der Waals surface area contributed by atoms with Crippen molar-refractivity contribution < 1.29 is 0 Å².